The number of aliphatic hydroxyl groups is 1. The molecule has 0 radical (unpaired) electrons. The Balaban J connectivity index is 1.90. The number of fused-ring (bicyclic) bond motifs is 1. The Kier molecular flexibility index (Phi) is 6.55. The van der Waals surface area contributed by atoms with Crippen LogP contribution >= 0.6 is 0 Å². The number of halogens is 1. The first kappa shape index (κ1) is 24.6. The molecule has 4 aromatic rings. The standard InChI is InChI=1S/C25H24FN7O3/c1-25(2,35)22(26)14-32(20-6-7-29-13-19(20)23(28)34)17-9-18(24(36-3)30-12-17)21-5-4-16-8-15(10-27)11-31-33(16)21/h4-9,11-13,22,35H,14H2,1-3H3,(H2,28,34)/t22-/m1/s1. The van der Waals surface area contributed by atoms with Crippen molar-refractivity contribution in [3.8, 4) is 23.2 Å². The molecule has 0 aliphatic carbocycles. The number of carbonyl (C=O) groups excluding carboxylic acids is 1. The van der Waals surface area contributed by atoms with E-state index in [1.54, 1.807) is 34.8 Å². The van der Waals surface area contributed by atoms with Crippen LogP contribution in [0.1, 0.15) is 29.8 Å². The van der Waals surface area contributed by atoms with Crippen LogP contribution in [0.3, 0.4) is 0 Å². The van der Waals surface area contributed by atoms with E-state index in [0.717, 1.165) is 0 Å². The van der Waals surface area contributed by atoms with Crippen molar-refractivity contribution in [1.29, 1.82) is 5.26 Å². The number of nitrogens with zero attached hydrogens (tertiary/aromatic N) is 6. The molecular formula is C25H24FN7O3. The van der Waals surface area contributed by atoms with Crippen molar-refractivity contribution in [2.45, 2.75) is 25.6 Å². The van der Waals surface area contributed by atoms with Crippen LogP contribution < -0.4 is 15.4 Å². The summed E-state index contributed by atoms with van der Waals surface area (Å²) in [5.74, 6) is -0.451. The predicted molar refractivity (Wildman–Crippen MR) is 131 cm³/mol. The molecule has 11 heteroatoms. The summed E-state index contributed by atoms with van der Waals surface area (Å²) < 4.78 is 22.3. The van der Waals surface area contributed by atoms with Gasteiger partial charge >= 0.3 is 0 Å². The van der Waals surface area contributed by atoms with Gasteiger partial charge < -0.3 is 20.5 Å². The lowest BCUT2D eigenvalue weighted by atomic mass is 10.0. The number of hydrogen-bond acceptors (Lipinski definition) is 8. The van der Waals surface area contributed by atoms with Gasteiger partial charge in [-0.25, -0.2) is 13.9 Å². The van der Waals surface area contributed by atoms with E-state index in [0.29, 0.717) is 33.7 Å². The van der Waals surface area contributed by atoms with Crippen LogP contribution in [-0.2, 0) is 0 Å². The van der Waals surface area contributed by atoms with Crippen molar-refractivity contribution < 1.29 is 19.0 Å². The summed E-state index contributed by atoms with van der Waals surface area (Å²) in [5, 5.41) is 23.8. The highest BCUT2D eigenvalue weighted by atomic mass is 19.1. The SMILES string of the molecule is COc1ncc(N(C[C@@H](F)C(C)(C)O)c2ccncc2C(N)=O)cc1-c1ccc2cc(C#N)cnn12. The average molecular weight is 490 g/mol. The summed E-state index contributed by atoms with van der Waals surface area (Å²) in [7, 11) is 1.47. The Morgan fingerprint density at radius 3 is 2.75 bits per heavy atom. The molecule has 0 aliphatic heterocycles. The molecule has 0 spiro atoms. The smallest absolute Gasteiger partial charge is 0.252 e. The summed E-state index contributed by atoms with van der Waals surface area (Å²) in [6.07, 6.45) is 3.98. The molecule has 0 aliphatic rings. The van der Waals surface area contributed by atoms with Crippen LogP contribution in [0.5, 0.6) is 5.88 Å². The van der Waals surface area contributed by atoms with Gasteiger partial charge in [0.2, 0.25) is 5.88 Å². The van der Waals surface area contributed by atoms with Crippen LogP contribution in [-0.4, -0.2) is 56.0 Å². The topological polar surface area (TPSA) is 143 Å². The second-order valence-electron chi connectivity index (χ2n) is 8.65. The van der Waals surface area contributed by atoms with E-state index in [2.05, 4.69) is 21.1 Å². The first-order valence-electron chi connectivity index (χ1n) is 10.9. The third kappa shape index (κ3) is 4.67. The molecule has 0 saturated carbocycles. The van der Waals surface area contributed by atoms with Crippen LogP contribution in [0.15, 0.2) is 55.1 Å². The van der Waals surface area contributed by atoms with Gasteiger partial charge in [0.15, 0.2) is 0 Å². The van der Waals surface area contributed by atoms with Crippen molar-refractivity contribution in [1.82, 2.24) is 19.6 Å². The number of primary amides is 1. The number of ether oxygens (including phenoxy) is 1. The summed E-state index contributed by atoms with van der Waals surface area (Å²) >= 11 is 0. The van der Waals surface area contributed by atoms with Crippen LogP contribution in [0.4, 0.5) is 15.8 Å². The van der Waals surface area contributed by atoms with Crippen molar-refractivity contribution >= 4 is 22.8 Å². The van der Waals surface area contributed by atoms with Gasteiger partial charge in [-0.2, -0.15) is 10.4 Å². The highest BCUT2D eigenvalue weighted by Crippen LogP contribution is 2.36. The molecule has 0 unspecified atom stereocenters. The van der Waals surface area contributed by atoms with Gasteiger partial charge in [-0.3, -0.25) is 9.78 Å². The van der Waals surface area contributed by atoms with E-state index < -0.39 is 17.7 Å². The summed E-state index contributed by atoms with van der Waals surface area (Å²) in [4.78, 5) is 22.0. The van der Waals surface area contributed by atoms with E-state index in [4.69, 9.17) is 10.5 Å². The fourth-order valence-corrected chi connectivity index (χ4v) is 3.74. The molecule has 0 fully saturated rings. The van der Waals surface area contributed by atoms with Crippen molar-refractivity contribution in [2.24, 2.45) is 5.73 Å². The number of pyridine rings is 2. The highest BCUT2D eigenvalue weighted by molar-refractivity contribution is 5.99. The molecule has 0 saturated heterocycles. The second-order valence-corrected chi connectivity index (χ2v) is 8.65. The van der Waals surface area contributed by atoms with Gasteiger partial charge in [0.05, 0.1) is 70.9 Å². The molecule has 4 aromatic heterocycles. The third-order valence-electron chi connectivity index (χ3n) is 5.71. The lowest BCUT2D eigenvalue weighted by Gasteiger charge is -2.32. The molecule has 36 heavy (non-hydrogen) atoms. The number of nitriles is 1. The minimum atomic E-state index is -1.70. The molecular weight excluding hydrogens is 465 g/mol. The fraction of sp³-hybridized carbons (Fsp3) is 0.240. The molecule has 10 nitrogen and oxygen atoms in total. The molecule has 1 amide bonds. The van der Waals surface area contributed by atoms with Gasteiger partial charge in [-0.15, -0.1) is 0 Å². The predicted octanol–water partition coefficient (Wildman–Crippen LogP) is 3.02. The Labute approximate surface area is 206 Å². The van der Waals surface area contributed by atoms with E-state index in [-0.39, 0.29) is 18.0 Å². The minimum Gasteiger partial charge on any atom is -0.481 e. The number of aromatic nitrogens is 4. The van der Waals surface area contributed by atoms with E-state index in [1.165, 1.54) is 50.6 Å². The quantitative estimate of drug-likeness (QED) is 0.385. The van der Waals surface area contributed by atoms with Crippen LogP contribution in [0.25, 0.3) is 16.8 Å². The van der Waals surface area contributed by atoms with Crippen molar-refractivity contribution in [3.63, 3.8) is 0 Å². The highest BCUT2D eigenvalue weighted by Gasteiger charge is 2.31. The maximum atomic E-state index is 15.2. The monoisotopic (exact) mass is 489 g/mol. The number of alkyl halides is 1. The molecule has 3 N–H and O–H groups in total. The van der Waals surface area contributed by atoms with Gasteiger partial charge in [-0.05, 0) is 44.2 Å². The van der Waals surface area contributed by atoms with E-state index >= 15 is 4.39 Å². The summed E-state index contributed by atoms with van der Waals surface area (Å²) in [5.41, 5.74) is 6.96. The third-order valence-corrected chi connectivity index (χ3v) is 5.71. The minimum absolute atomic E-state index is 0.0802. The van der Waals surface area contributed by atoms with Crippen LogP contribution in [0.2, 0.25) is 0 Å². The Bertz CT molecular complexity index is 1470. The van der Waals surface area contributed by atoms with Crippen molar-refractivity contribution in [3.05, 3.63) is 66.2 Å². The number of rotatable bonds is 8. The summed E-state index contributed by atoms with van der Waals surface area (Å²) in [6, 6.07) is 10.6. The molecule has 4 heterocycles. The largest absolute Gasteiger partial charge is 0.481 e. The van der Waals surface area contributed by atoms with Gasteiger partial charge in [0.25, 0.3) is 5.91 Å². The van der Waals surface area contributed by atoms with Gasteiger partial charge in [0, 0.05) is 12.4 Å². The molecule has 184 valence electrons. The number of methoxy groups -OCH3 is 1. The Morgan fingerprint density at radius 1 is 1.31 bits per heavy atom. The number of amides is 1. The maximum Gasteiger partial charge on any atom is 0.252 e. The lowest BCUT2D eigenvalue weighted by Crippen LogP contribution is -2.41. The molecule has 4 rings (SSSR count). The lowest BCUT2D eigenvalue weighted by molar-refractivity contribution is 0.00144. The van der Waals surface area contributed by atoms with E-state index in [1.807, 2.05) is 0 Å². The Morgan fingerprint density at radius 2 is 2.08 bits per heavy atom. The van der Waals surface area contributed by atoms with E-state index in [9.17, 15) is 15.2 Å². The first-order chi connectivity index (χ1) is 17.1. The summed E-state index contributed by atoms with van der Waals surface area (Å²) in [6.45, 7) is 2.42. The molecule has 1 atom stereocenters. The zero-order valence-electron chi connectivity index (χ0n) is 19.9. The average Bonchev–Trinajstić information content (AvgIpc) is 3.29. The van der Waals surface area contributed by atoms with Gasteiger partial charge in [0.1, 0.15) is 12.2 Å². The maximum absolute atomic E-state index is 15.2. The first-order valence-corrected chi connectivity index (χ1v) is 10.9. The second kappa shape index (κ2) is 9.59. The number of hydrogen-bond donors (Lipinski definition) is 2. The van der Waals surface area contributed by atoms with Crippen LogP contribution in [0, 0.1) is 11.3 Å². The van der Waals surface area contributed by atoms with Gasteiger partial charge in [-0.1, -0.05) is 0 Å². The van der Waals surface area contributed by atoms with Crippen molar-refractivity contribution in [2.75, 3.05) is 18.6 Å². The molecule has 0 aromatic carbocycles. The fourth-order valence-electron chi connectivity index (χ4n) is 3.74. The number of nitrogens with two attached hydrogens (primary N) is 1. The zero-order chi connectivity index (χ0) is 26.0. The number of anilines is 2. The Hall–Kier alpha value is -4.56. The molecule has 0 bridgehead atoms. The normalized spacial score (nSPS) is 12.2. The zero-order valence-corrected chi connectivity index (χ0v) is 19.9. The number of carbonyl (C=O) groups is 1.